The molecule has 1 saturated heterocycles. The maximum atomic E-state index is 5.34. The molecule has 0 radical (unpaired) electrons. The van der Waals surface area contributed by atoms with Crippen LogP contribution in [0.25, 0.3) is 0 Å². The molecule has 1 fully saturated rings. The Bertz CT molecular complexity index is 365. The molecule has 0 bridgehead atoms. The van der Waals surface area contributed by atoms with Gasteiger partial charge < -0.3 is 15.0 Å². The molecule has 0 unspecified atom stereocenters. The van der Waals surface area contributed by atoms with Crippen LogP contribution in [0.4, 0.5) is 5.95 Å². The standard InChI is InChI=1S/C12H20N4O/c1-9-11(8-13-3)10(2)15-12(14-9)16-4-6-17-7-5-16/h13H,4-8H2,1-3H3. The quantitative estimate of drug-likeness (QED) is 0.835. The van der Waals surface area contributed by atoms with Gasteiger partial charge in [0.2, 0.25) is 5.95 Å². The molecule has 0 saturated carbocycles. The Labute approximate surface area is 102 Å². The zero-order chi connectivity index (χ0) is 12.3. The van der Waals surface area contributed by atoms with Gasteiger partial charge in [-0.15, -0.1) is 0 Å². The van der Waals surface area contributed by atoms with Gasteiger partial charge in [0.1, 0.15) is 0 Å². The van der Waals surface area contributed by atoms with Crippen molar-refractivity contribution in [3.8, 4) is 0 Å². The van der Waals surface area contributed by atoms with E-state index in [4.69, 9.17) is 4.74 Å². The lowest BCUT2D eigenvalue weighted by atomic mass is 10.2. The number of morpholine rings is 1. The molecule has 1 aromatic heterocycles. The molecule has 2 heterocycles. The molecule has 94 valence electrons. The van der Waals surface area contributed by atoms with Crippen molar-refractivity contribution in [3.63, 3.8) is 0 Å². The van der Waals surface area contributed by atoms with Crippen LogP contribution in [0.1, 0.15) is 17.0 Å². The number of ether oxygens (including phenoxy) is 1. The van der Waals surface area contributed by atoms with Crippen LogP contribution in [-0.4, -0.2) is 43.3 Å². The van der Waals surface area contributed by atoms with E-state index in [1.807, 2.05) is 20.9 Å². The second-order valence-electron chi connectivity index (χ2n) is 4.30. The lowest BCUT2D eigenvalue weighted by Crippen LogP contribution is -2.37. The first-order valence-electron chi connectivity index (χ1n) is 6.03. The lowest BCUT2D eigenvalue weighted by molar-refractivity contribution is 0.122. The fourth-order valence-corrected chi connectivity index (χ4v) is 2.06. The van der Waals surface area contributed by atoms with Gasteiger partial charge in [0.15, 0.2) is 0 Å². The minimum atomic E-state index is 0.764. The van der Waals surface area contributed by atoms with E-state index >= 15 is 0 Å². The molecule has 2 rings (SSSR count). The Hall–Kier alpha value is -1.20. The van der Waals surface area contributed by atoms with Gasteiger partial charge in [-0.2, -0.15) is 0 Å². The first-order chi connectivity index (χ1) is 8.22. The maximum Gasteiger partial charge on any atom is 0.225 e. The van der Waals surface area contributed by atoms with E-state index in [0.29, 0.717) is 0 Å². The fraction of sp³-hybridized carbons (Fsp3) is 0.667. The first-order valence-corrected chi connectivity index (χ1v) is 6.03. The second kappa shape index (κ2) is 5.42. The van der Waals surface area contributed by atoms with Crippen LogP contribution in [0.15, 0.2) is 0 Å². The highest BCUT2D eigenvalue weighted by Crippen LogP contribution is 2.16. The van der Waals surface area contributed by atoms with Gasteiger partial charge in [0.25, 0.3) is 0 Å². The Morgan fingerprint density at radius 1 is 1.18 bits per heavy atom. The Balaban J connectivity index is 2.24. The molecule has 5 heteroatoms. The predicted octanol–water partition coefficient (Wildman–Crippen LogP) is 0.649. The van der Waals surface area contributed by atoms with Crippen LogP contribution in [-0.2, 0) is 11.3 Å². The van der Waals surface area contributed by atoms with Crippen LogP contribution < -0.4 is 10.2 Å². The molecular weight excluding hydrogens is 216 g/mol. The Morgan fingerprint density at radius 2 is 1.76 bits per heavy atom. The molecule has 1 aliphatic rings. The summed E-state index contributed by atoms with van der Waals surface area (Å²) in [6.45, 7) is 8.20. The lowest BCUT2D eigenvalue weighted by Gasteiger charge is -2.27. The third-order valence-electron chi connectivity index (χ3n) is 3.06. The second-order valence-corrected chi connectivity index (χ2v) is 4.30. The van der Waals surface area contributed by atoms with Crippen LogP contribution in [0.3, 0.4) is 0 Å². The molecule has 5 nitrogen and oxygen atoms in total. The SMILES string of the molecule is CNCc1c(C)nc(N2CCOCC2)nc1C. The largest absolute Gasteiger partial charge is 0.378 e. The molecule has 0 amide bonds. The average Bonchev–Trinajstić information content (AvgIpc) is 2.35. The number of aromatic nitrogens is 2. The van der Waals surface area contributed by atoms with E-state index in [1.54, 1.807) is 0 Å². The topological polar surface area (TPSA) is 50.3 Å². The van der Waals surface area contributed by atoms with Gasteiger partial charge in [-0.25, -0.2) is 9.97 Å². The minimum absolute atomic E-state index is 0.764. The van der Waals surface area contributed by atoms with Crippen molar-refractivity contribution in [1.29, 1.82) is 0 Å². The smallest absolute Gasteiger partial charge is 0.225 e. The number of anilines is 1. The van der Waals surface area contributed by atoms with Crippen molar-refractivity contribution in [1.82, 2.24) is 15.3 Å². The van der Waals surface area contributed by atoms with Crippen molar-refractivity contribution in [2.45, 2.75) is 20.4 Å². The fourth-order valence-electron chi connectivity index (χ4n) is 2.06. The van der Waals surface area contributed by atoms with Crippen molar-refractivity contribution in [3.05, 3.63) is 17.0 Å². The van der Waals surface area contributed by atoms with E-state index in [2.05, 4.69) is 20.2 Å². The highest BCUT2D eigenvalue weighted by molar-refractivity contribution is 5.36. The highest BCUT2D eigenvalue weighted by atomic mass is 16.5. The highest BCUT2D eigenvalue weighted by Gasteiger charge is 2.16. The number of hydrogen-bond acceptors (Lipinski definition) is 5. The van der Waals surface area contributed by atoms with E-state index in [0.717, 1.165) is 50.2 Å². The number of nitrogens with one attached hydrogen (secondary N) is 1. The van der Waals surface area contributed by atoms with Gasteiger partial charge in [-0.1, -0.05) is 0 Å². The molecule has 1 aliphatic heterocycles. The normalized spacial score (nSPS) is 16.3. The van der Waals surface area contributed by atoms with Gasteiger partial charge >= 0.3 is 0 Å². The zero-order valence-corrected chi connectivity index (χ0v) is 10.8. The van der Waals surface area contributed by atoms with E-state index < -0.39 is 0 Å². The van der Waals surface area contributed by atoms with Crippen LogP contribution >= 0.6 is 0 Å². The summed E-state index contributed by atoms with van der Waals surface area (Å²) >= 11 is 0. The van der Waals surface area contributed by atoms with Gasteiger partial charge in [0.05, 0.1) is 13.2 Å². The third-order valence-corrected chi connectivity index (χ3v) is 3.06. The summed E-state index contributed by atoms with van der Waals surface area (Å²) in [7, 11) is 1.94. The summed E-state index contributed by atoms with van der Waals surface area (Å²) in [4.78, 5) is 11.4. The van der Waals surface area contributed by atoms with Crippen molar-refractivity contribution in [2.75, 3.05) is 38.3 Å². The average molecular weight is 236 g/mol. The molecule has 1 N–H and O–H groups in total. The summed E-state index contributed by atoms with van der Waals surface area (Å²) in [5.74, 6) is 0.836. The van der Waals surface area contributed by atoms with E-state index in [1.165, 1.54) is 5.56 Å². The number of aryl methyl sites for hydroxylation is 2. The molecule has 17 heavy (non-hydrogen) atoms. The first kappa shape index (κ1) is 12.3. The minimum Gasteiger partial charge on any atom is -0.378 e. The molecule has 0 aromatic carbocycles. The van der Waals surface area contributed by atoms with Crippen molar-refractivity contribution in [2.24, 2.45) is 0 Å². The monoisotopic (exact) mass is 236 g/mol. The summed E-state index contributed by atoms with van der Waals surface area (Å²) in [6.07, 6.45) is 0. The molecule has 1 aromatic rings. The summed E-state index contributed by atoms with van der Waals surface area (Å²) in [6, 6.07) is 0. The predicted molar refractivity (Wildman–Crippen MR) is 67.3 cm³/mol. The number of hydrogen-bond donors (Lipinski definition) is 1. The van der Waals surface area contributed by atoms with Crippen molar-refractivity contribution >= 4 is 5.95 Å². The van der Waals surface area contributed by atoms with Gasteiger partial charge in [0, 0.05) is 36.6 Å². The summed E-state index contributed by atoms with van der Waals surface area (Å²) < 4.78 is 5.34. The number of rotatable bonds is 3. The van der Waals surface area contributed by atoms with Crippen molar-refractivity contribution < 1.29 is 4.74 Å². The number of nitrogens with zero attached hydrogens (tertiary/aromatic N) is 3. The van der Waals surface area contributed by atoms with E-state index in [-0.39, 0.29) is 0 Å². The Morgan fingerprint density at radius 3 is 2.29 bits per heavy atom. The molecule has 0 spiro atoms. The van der Waals surface area contributed by atoms with Crippen LogP contribution in [0.5, 0.6) is 0 Å². The van der Waals surface area contributed by atoms with Crippen LogP contribution in [0.2, 0.25) is 0 Å². The molecule has 0 aliphatic carbocycles. The van der Waals surface area contributed by atoms with E-state index in [9.17, 15) is 0 Å². The Kier molecular flexibility index (Phi) is 3.91. The third kappa shape index (κ3) is 2.73. The molecular formula is C12H20N4O. The molecule has 0 atom stereocenters. The summed E-state index contributed by atoms with van der Waals surface area (Å²) in [5.41, 5.74) is 3.33. The summed E-state index contributed by atoms with van der Waals surface area (Å²) in [5, 5.41) is 3.15. The maximum absolute atomic E-state index is 5.34. The van der Waals surface area contributed by atoms with Gasteiger partial charge in [-0.3, -0.25) is 0 Å². The van der Waals surface area contributed by atoms with Gasteiger partial charge in [-0.05, 0) is 20.9 Å². The zero-order valence-electron chi connectivity index (χ0n) is 10.8. The van der Waals surface area contributed by atoms with Crippen LogP contribution in [0, 0.1) is 13.8 Å².